The summed E-state index contributed by atoms with van der Waals surface area (Å²) in [6.07, 6.45) is 1.71. The van der Waals surface area contributed by atoms with Crippen LogP contribution in [0.4, 0.5) is 5.69 Å². The van der Waals surface area contributed by atoms with E-state index in [2.05, 4.69) is 17.6 Å². The lowest BCUT2D eigenvalue weighted by Gasteiger charge is -2.11. The molecule has 24 heavy (non-hydrogen) atoms. The number of nitrogens with one attached hydrogen (secondary N) is 2. The van der Waals surface area contributed by atoms with Crippen molar-refractivity contribution in [3.05, 3.63) is 65.7 Å². The van der Waals surface area contributed by atoms with Crippen molar-refractivity contribution in [2.75, 3.05) is 11.9 Å². The monoisotopic (exact) mass is 322 g/mol. The standard InChI is InChI=1S/C20H22N2O2/c1-14-13-17(14)20(24)22-18-10-6-5-9-16(18)19(23)21-12-11-15-7-3-2-4-8-15/h2-10,14,17H,11-13H2,1H3,(H,21,23)(H,22,24)/t14-,17-/m0/s1. The largest absolute Gasteiger partial charge is 0.352 e. The van der Waals surface area contributed by atoms with Crippen LogP contribution in [-0.2, 0) is 11.2 Å². The molecule has 1 aliphatic rings. The predicted octanol–water partition coefficient (Wildman–Crippen LogP) is 3.25. The van der Waals surface area contributed by atoms with Crippen LogP contribution in [0.2, 0.25) is 0 Å². The molecule has 0 saturated heterocycles. The van der Waals surface area contributed by atoms with Crippen LogP contribution < -0.4 is 10.6 Å². The van der Waals surface area contributed by atoms with Gasteiger partial charge in [-0.3, -0.25) is 9.59 Å². The maximum absolute atomic E-state index is 12.4. The summed E-state index contributed by atoms with van der Waals surface area (Å²) in [6, 6.07) is 17.2. The van der Waals surface area contributed by atoms with E-state index in [9.17, 15) is 9.59 Å². The number of para-hydroxylation sites is 1. The fraction of sp³-hybridized carbons (Fsp3) is 0.300. The van der Waals surface area contributed by atoms with Gasteiger partial charge in [0.2, 0.25) is 5.91 Å². The van der Waals surface area contributed by atoms with Gasteiger partial charge >= 0.3 is 0 Å². The third-order valence-electron chi connectivity index (χ3n) is 4.42. The zero-order valence-corrected chi connectivity index (χ0v) is 13.8. The SMILES string of the molecule is C[C@H]1C[C@@H]1C(=O)Nc1ccccc1C(=O)NCCc1ccccc1. The van der Waals surface area contributed by atoms with Crippen LogP contribution in [0.5, 0.6) is 0 Å². The number of carbonyl (C=O) groups excluding carboxylic acids is 2. The number of amides is 2. The van der Waals surface area contributed by atoms with Gasteiger partial charge < -0.3 is 10.6 Å². The molecule has 0 spiro atoms. The highest BCUT2D eigenvalue weighted by molar-refractivity contribution is 6.04. The fourth-order valence-electron chi connectivity index (χ4n) is 2.76. The molecule has 2 N–H and O–H groups in total. The van der Waals surface area contributed by atoms with Gasteiger partial charge in [0, 0.05) is 12.5 Å². The van der Waals surface area contributed by atoms with Crippen molar-refractivity contribution in [1.29, 1.82) is 0 Å². The third kappa shape index (κ3) is 4.02. The quantitative estimate of drug-likeness (QED) is 0.857. The summed E-state index contributed by atoms with van der Waals surface area (Å²) >= 11 is 0. The molecule has 3 rings (SSSR count). The van der Waals surface area contributed by atoms with E-state index in [1.165, 1.54) is 5.56 Å². The van der Waals surface area contributed by atoms with E-state index >= 15 is 0 Å². The van der Waals surface area contributed by atoms with Crippen LogP contribution in [0.25, 0.3) is 0 Å². The Morgan fingerprint density at radius 1 is 1.04 bits per heavy atom. The molecule has 0 unspecified atom stereocenters. The van der Waals surface area contributed by atoms with Gasteiger partial charge in [0.25, 0.3) is 5.91 Å². The lowest BCUT2D eigenvalue weighted by atomic mass is 10.1. The first-order chi connectivity index (χ1) is 11.6. The predicted molar refractivity (Wildman–Crippen MR) is 94.8 cm³/mol. The zero-order chi connectivity index (χ0) is 16.9. The van der Waals surface area contributed by atoms with Crippen LogP contribution in [-0.4, -0.2) is 18.4 Å². The Hall–Kier alpha value is -2.62. The highest BCUT2D eigenvalue weighted by Crippen LogP contribution is 2.38. The summed E-state index contributed by atoms with van der Waals surface area (Å²) in [7, 11) is 0. The van der Waals surface area contributed by atoms with Gasteiger partial charge in [-0.15, -0.1) is 0 Å². The molecule has 0 heterocycles. The van der Waals surface area contributed by atoms with E-state index in [1.807, 2.05) is 42.5 Å². The minimum absolute atomic E-state index is 0.00651. The fourth-order valence-corrected chi connectivity index (χ4v) is 2.76. The van der Waals surface area contributed by atoms with E-state index in [0.29, 0.717) is 23.7 Å². The van der Waals surface area contributed by atoms with Crippen LogP contribution in [0.1, 0.15) is 29.3 Å². The van der Waals surface area contributed by atoms with Gasteiger partial charge in [0.15, 0.2) is 0 Å². The summed E-state index contributed by atoms with van der Waals surface area (Å²) in [4.78, 5) is 24.5. The number of anilines is 1. The lowest BCUT2D eigenvalue weighted by molar-refractivity contribution is -0.117. The number of rotatable bonds is 6. The molecule has 2 aromatic rings. The molecule has 0 bridgehead atoms. The van der Waals surface area contributed by atoms with E-state index < -0.39 is 0 Å². The molecule has 1 saturated carbocycles. The molecule has 1 aliphatic carbocycles. The van der Waals surface area contributed by atoms with Gasteiger partial charge in [-0.25, -0.2) is 0 Å². The second-order valence-electron chi connectivity index (χ2n) is 6.35. The Morgan fingerprint density at radius 3 is 2.42 bits per heavy atom. The Balaban J connectivity index is 1.59. The summed E-state index contributed by atoms with van der Waals surface area (Å²) in [5.41, 5.74) is 2.27. The zero-order valence-electron chi connectivity index (χ0n) is 13.8. The molecule has 2 atom stereocenters. The Kier molecular flexibility index (Phi) is 4.94. The van der Waals surface area contributed by atoms with Crippen LogP contribution >= 0.6 is 0 Å². The lowest BCUT2D eigenvalue weighted by Crippen LogP contribution is -2.27. The van der Waals surface area contributed by atoms with Gasteiger partial charge in [-0.05, 0) is 36.5 Å². The second kappa shape index (κ2) is 7.30. The highest BCUT2D eigenvalue weighted by atomic mass is 16.2. The second-order valence-corrected chi connectivity index (χ2v) is 6.35. The van der Waals surface area contributed by atoms with Crippen molar-refractivity contribution < 1.29 is 9.59 Å². The first kappa shape index (κ1) is 16.2. The average molecular weight is 322 g/mol. The van der Waals surface area contributed by atoms with Gasteiger partial charge in [0.1, 0.15) is 0 Å². The number of benzene rings is 2. The molecular formula is C20H22N2O2. The van der Waals surface area contributed by atoms with E-state index in [-0.39, 0.29) is 17.7 Å². The van der Waals surface area contributed by atoms with Crippen molar-refractivity contribution in [1.82, 2.24) is 5.32 Å². The molecule has 2 aromatic carbocycles. The topological polar surface area (TPSA) is 58.2 Å². The van der Waals surface area contributed by atoms with E-state index in [1.54, 1.807) is 12.1 Å². The maximum Gasteiger partial charge on any atom is 0.253 e. The smallest absolute Gasteiger partial charge is 0.253 e. The molecular weight excluding hydrogens is 300 g/mol. The van der Waals surface area contributed by atoms with Crippen molar-refractivity contribution in [3.63, 3.8) is 0 Å². The highest BCUT2D eigenvalue weighted by Gasteiger charge is 2.39. The number of carbonyl (C=O) groups is 2. The molecule has 0 radical (unpaired) electrons. The first-order valence-corrected chi connectivity index (χ1v) is 8.37. The van der Waals surface area contributed by atoms with E-state index in [4.69, 9.17) is 0 Å². The van der Waals surface area contributed by atoms with Crippen LogP contribution in [0, 0.1) is 11.8 Å². The summed E-state index contributed by atoms with van der Waals surface area (Å²) in [5.74, 6) is 0.369. The van der Waals surface area contributed by atoms with Crippen molar-refractivity contribution in [2.24, 2.45) is 11.8 Å². The molecule has 1 fully saturated rings. The average Bonchev–Trinajstić information content (AvgIpc) is 3.33. The molecule has 124 valence electrons. The summed E-state index contributed by atoms with van der Waals surface area (Å²) < 4.78 is 0. The summed E-state index contributed by atoms with van der Waals surface area (Å²) in [5, 5.41) is 5.82. The number of hydrogen-bond donors (Lipinski definition) is 2. The van der Waals surface area contributed by atoms with Gasteiger partial charge in [-0.1, -0.05) is 49.4 Å². The van der Waals surface area contributed by atoms with Crippen LogP contribution in [0.3, 0.4) is 0 Å². The van der Waals surface area contributed by atoms with Crippen molar-refractivity contribution in [3.8, 4) is 0 Å². The first-order valence-electron chi connectivity index (χ1n) is 8.37. The van der Waals surface area contributed by atoms with Crippen molar-refractivity contribution in [2.45, 2.75) is 19.8 Å². The third-order valence-corrected chi connectivity index (χ3v) is 4.42. The Morgan fingerprint density at radius 2 is 1.71 bits per heavy atom. The maximum atomic E-state index is 12.4. The number of hydrogen-bond acceptors (Lipinski definition) is 2. The molecule has 4 nitrogen and oxygen atoms in total. The van der Waals surface area contributed by atoms with Crippen molar-refractivity contribution >= 4 is 17.5 Å². The van der Waals surface area contributed by atoms with E-state index in [0.717, 1.165) is 12.8 Å². The normalized spacial score (nSPS) is 18.7. The van der Waals surface area contributed by atoms with Gasteiger partial charge in [0.05, 0.1) is 11.3 Å². The van der Waals surface area contributed by atoms with Crippen LogP contribution in [0.15, 0.2) is 54.6 Å². The Labute approximate surface area is 142 Å². The molecule has 4 heteroatoms. The Bertz CT molecular complexity index is 727. The van der Waals surface area contributed by atoms with Gasteiger partial charge in [-0.2, -0.15) is 0 Å². The minimum Gasteiger partial charge on any atom is -0.352 e. The molecule has 0 aliphatic heterocycles. The minimum atomic E-state index is -0.161. The summed E-state index contributed by atoms with van der Waals surface area (Å²) in [6.45, 7) is 2.62. The molecule has 2 amide bonds. The molecule has 0 aromatic heterocycles.